The van der Waals surface area contributed by atoms with Gasteiger partial charge in [0, 0.05) is 23.0 Å². The Hall–Kier alpha value is -3.50. The van der Waals surface area contributed by atoms with Crippen molar-refractivity contribution in [2.75, 3.05) is 12.4 Å². The molecule has 1 amide bonds. The number of methoxy groups -OCH3 is 1. The normalized spacial score (nSPS) is 12.2. The van der Waals surface area contributed by atoms with E-state index < -0.39 is 22.0 Å². The summed E-state index contributed by atoms with van der Waals surface area (Å²) in [7, 11) is -2.42. The molecule has 162 valence electrons. The minimum Gasteiger partial charge on any atom is -0.497 e. The number of sulfonamides is 1. The monoisotopic (exact) mass is 442 g/mol. The van der Waals surface area contributed by atoms with Crippen LogP contribution in [0.4, 0.5) is 5.69 Å². The van der Waals surface area contributed by atoms with Crippen molar-refractivity contribution in [2.24, 2.45) is 0 Å². The van der Waals surface area contributed by atoms with Gasteiger partial charge in [-0.2, -0.15) is 4.72 Å². The number of carbonyl (C=O) groups excluding carboxylic acids is 1. The van der Waals surface area contributed by atoms with Crippen LogP contribution in [0.1, 0.15) is 12.6 Å². The Balaban J connectivity index is 1.72. The number of benzene rings is 2. The molecule has 3 aromatic rings. The summed E-state index contributed by atoms with van der Waals surface area (Å²) in [5.41, 5.74) is 1.32. The van der Waals surface area contributed by atoms with Crippen LogP contribution in [0.15, 0.2) is 64.3 Å². The van der Waals surface area contributed by atoms with E-state index in [9.17, 15) is 18.0 Å². The Bertz CT molecular complexity index is 1250. The predicted molar refractivity (Wildman–Crippen MR) is 116 cm³/mol. The second-order valence-corrected chi connectivity index (χ2v) is 8.54. The maximum atomic E-state index is 12.5. The van der Waals surface area contributed by atoms with E-state index in [1.54, 1.807) is 31.2 Å². The molecule has 1 atom stereocenters. The van der Waals surface area contributed by atoms with Gasteiger partial charge in [0.05, 0.1) is 18.0 Å². The number of amides is 1. The average Bonchev–Trinajstić information content (AvgIpc) is 2.73. The Morgan fingerprint density at radius 1 is 1.13 bits per heavy atom. The second-order valence-electron chi connectivity index (χ2n) is 6.82. The van der Waals surface area contributed by atoms with Crippen molar-refractivity contribution in [2.45, 2.75) is 24.8 Å². The highest BCUT2D eigenvalue weighted by Gasteiger charge is 2.22. The molecule has 0 radical (unpaired) electrons. The van der Waals surface area contributed by atoms with Crippen LogP contribution in [-0.4, -0.2) is 37.4 Å². The van der Waals surface area contributed by atoms with E-state index in [-0.39, 0.29) is 10.5 Å². The number of hydrogen-bond donors (Lipinski definition) is 3. The minimum atomic E-state index is -3.90. The number of ether oxygens (including phenoxy) is 1. The van der Waals surface area contributed by atoms with Gasteiger partial charge in [0.1, 0.15) is 11.6 Å². The standard InChI is InChI=1S/C21H22N4O5S/c1-13-11-19(26)24-20(22-13)15-5-4-6-16(12-15)23-21(27)14(2)25-31(28,29)18-9-7-17(30-3)8-10-18/h4-12,14,25H,1-3H3,(H,23,27)(H,22,24,26)/t14-/m0/s1. The van der Waals surface area contributed by atoms with Crippen LogP contribution in [0.3, 0.4) is 0 Å². The number of hydrogen-bond acceptors (Lipinski definition) is 6. The van der Waals surface area contributed by atoms with Crippen LogP contribution >= 0.6 is 0 Å². The van der Waals surface area contributed by atoms with E-state index in [4.69, 9.17) is 4.74 Å². The first-order chi connectivity index (χ1) is 14.7. The molecule has 9 nitrogen and oxygen atoms in total. The van der Waals surface area contributed by atoms with Crippen molar-refractivity contribution in [1.29, 1.82) is 0 Å². The molecule has 3 N–H and O–H groups in total. The van der Waals surface area contributed by atoms with Gasteiger partial charge in [0.15, 0.2) is 0 Å². The Morgan fingerprint density at radius 3 is 2.48 bits per heavy atom. The molecule has 2 aromatic carbocycles. The van der Waals surface area contributed by atoms with Gasteiger partial charge in [-0.05, 0) is 50.2 Å². The van der Waals surface area contributed by atoms with Crippen molar-refractivity contribution < 1.29 is 17.9 Å². The zero-order valence-corrected chi connectivity index (χ0v) is 18.0. The quantitative estimate of drug-likeness (QED) is 0.513. The van der Waals surface area contributed by atoms with Crippen LogP contribution in [0.25, 0.3) is 11.4 Å². The molecule has 0 aliphatic heterocycles. The van der Waals surface area contributed by atoms with Crippen LogP contribution in [0.2, 0.25) is 0 Å². The van der Waals surface area contributed by atoms with Crippen molar-refractivity contribution in [3.63, 3.8) is 0 Å². The summed E-state index contributed by atoms with van der Waals surface area (Å²) in [6.07, 6.45) is 0. The summed E-state index contributed by atoms with van der Waals surface area (Å²) < 4.78 is 32.4. The lowest BCUT2D eigenvalue weighted by atomic mass is 10.1. The summed E-state index contributed by atoms with van der Waals surface area (Å²) in [6.45, 7) is 3.15. The number of nitrogens with one attached hydrogen (secondary N) is 3. The van der Waals surface area contributed by atoms with Crippen LogP contribution in [0, 0.1) is 6.92 Å². The highest BCUT2D eigenvalue weighted by Crippen LogP contribution is 2.19. The molecule has 1 aromatic heterocycles. The predicted octanol–water partition coefficient (Wildman–Crippen LogP) is 2.06. The van der Waals surface area contributed by atoms with Crippen LogP contribution in [0.5, 0.6) is 5.75 Å². The maximum Gasteiger partial charge on any atom is 0.251 e. The SMILES string of the molecule is COc1ccc(S(=O)(=O)N[C@@H](C)C(=O)Nc2cccc(-c3nc(C)cc(=O)[nH]3)c2)cc1. The summed E-state index contributed by atoms with van der Waals surface area (Å²) in [4.78, 5) is 31.2. The lowest BCUT2D eigenvalue weighted by Gasteiger charge is -2.15. The zero-order valence-electron chi connectivity index (χ0n) is 17.2. The maximum absolute atomic E-state index is 12.5. The molecule has 31 heavy (non-hydrogen) atoms. The Labute approximate surface area is 179 Å². The smallest absolute Gasteiger partial charge is 0.251 e. The molecule has 1 heterocycles. The van der Waals surface area contributed by atoms with E-state index in [1.165, 1.54) is 44.4 Å². The lowest BCUT2D eigenvalue weighted by Crippen LogP contribution is -2.41. The largest absolute Gasteiger partial charge is 0.497 e. The first kappa shape index (κ1) is 22.2. The zero-order chi connectivity index (χ0) is 22.6. The van der Waals surface area contributed by atoms with Gasteiger partial charge in [-0.15, -0.1) is 0 Å². The van der Waals surface area contributed by atoms with E-state index in [2.05, 4.69) is 20.0 Å². The van der Waals surface area contributed by atoms with Gasteiger partial charge in [-0.3, -0.25) is 9.59 Å². The number of aromatic nitrogens is 2. The van der Waals surface area contributed by atoms with Gasteiger partial charge in [0.25, 0.3) is 5.56 Å². The Morgan fingerprint density at radius 2 is 1.84 bits per heavy atom. The number of aromatic amines is 1. The molecular weight excluding hydrogens is 420 g/mol. The third kappa shape index (κ3) is 5.56. The molecule has 0 aliphatic carbocycles. The Kier molecular flexibility index (Phi) is 6.52. The number of carbonyl (C=O) groups is 1. The number of rotatable bonds is 7. The highest BCUT2D eigenvalue weighted by atomic mass is 32.2. The fraction of sp³-hybridized carbons (Fsp3) is 0.190. The fourth-order valence-corrected chi connectivity index (χ4v) is 4.02. The van der Waals surface area contributed by atoms with Gasteiger partial charge in [-0.1, -0.05) is 12.1 Å². The summed E-state index contributed by atoms with van der Waals surface area (Å²) >= 11 is 0. The van der Waals surface area contributed by atoms with Gasteiger partial charge >= 0.3 is 0 Å². The average molecular weight is 442 g/mol. The van der Waals surface area contributed by atoms with Crippen molar-refractivity contribution in [3.05, 3.63) is 70.6 Å². The molecule has 0 fully saturated rings. The third-order valence-electron chi connectivity index (χ3n) is 4.37. The summed E-state index contributed by atoms with van der Waals surface area (Å²) in [6, 6.07) is 12.9. The molecule has 0 saturated carbocycles. The fourth-order valence-electron chi connectivity index (χ4n) is 2.82. The van der Waals surface area contributed by atoms with Crippen molar-refractivity contribution >= 4 is 21.6 Å². The van der Waals surface area contributed by atoms with E-state index in [0.29, 0.717) is 28.5 Å². The van der Waals surface area contributed by atoms with Gasteiger partial charge in [0.2, 0.25) is 15.9 Å². The molecule has 0 saturated heterocycles. The number of aryl methyl sites for hydroxylation is 1. The van der Waals surface area contributed by atoms with E-state index in [1.807, 2.05) is 0 Å². The van der Waals surface area contributed by atoms with Crippen molar-refractivity contribution in [1.82, 2.24) is 14.7 Å². The summed E-state index contributed by atoms with van der Waals surface area (Å²) in [5, 5.41) is 2.67. The van der Waals surface area contributed by atoms with Crippen LogP contribution in [-0.2, 0) is 14.8 Å². The number of nitrogens with zero attached hydrogens (tertiary/aromatic N) is 1. The molecule has 3 rings (SSSR count). The lowest BCUT2D eigenvalue weighted by molar-refractivity contribution is -0.117. The number of H-pyrrole nitrogens is 1. The first-order valence-corrected chi connectivity index (χ1v) is 10.8. The molecular formula is C21H22N4O5S. The molecule has 10 heteroatoms. The van der Waals surface area contributed by atoms with E-state index in [0.717, 1.165) is 0 Å². The molecule has 0 aliphatic rings. The highest BCUT2D eigenvalue weighted by molar-refractivity contribution is 7.89. The van der Waals surface area contributed by atoms with Crippen LogP contribution < -0.4 is 20.3 Å². The third-order valence-corrected chi connectivity index (χ3v) is 5.92. The molecule has 0 spiro atoms. The van der Waals surface area contributed by atoms with Gasteiger partial charge in [-0.25, -0.2) is 13.4 Å². The summed E-state index contributed by atoms with van der Waals surface area (Å²) in [5.74, 6) is 0.350. The first-order valence-electron chi connectivity index (χ1n) is 9.33. The second kappa shape index (κ2) is 9.11. The molecule has 0 bridgehead atoms. The topological polar surface area (TPSA) is 130 Å². The number of anilines is 1. The molecule has 0 unspecified atom stereocenters. The van der Waals surface area contributed by atoms with Crippen molar-refractivity contribution in [3.8, 4) is 17.1 Å². The van der Waals surface area contributed by atoms with Gasteiger partial charge < -0.3 is 15.0 Å². The minimum absolute atomic E-state index is 0.0180. The van der Waals surface area contributed by atoms with E-state index >= 15 is 0 Å².